The maximum Gasteiger partial charge on any atom is 0.258 e. The highest BCUT2D eigenvalue weighted by Gasteiger charge is 2.31. The first-order valence-corrected chi connectivity index (χ1v) is 12.8. The van der Waals surface area contributed by atoms with Gasteiger partial charge in [-0.1, -0.05) is 18.2 Å². The number of amides is 1. The van der Waals surface area contributed by atoms with Crippen molar-refractivity contribution in [2.75, 3.05) is 23.8 Å². The van der Waals surface area contributed by atoms with Crippen molar-refractivity contribution in [3.63, 3.8) is 0 Å². The summed E-state index contributed by atoms with van der Waals surface area (Å²) in [6.45, 7) is 8.37. The number of rotatable bonds is 8. The van der Waals surface area contributed by atoms with Crippen LogP contribution in [0.1, 0.15) is 45.9 Å². The number of hydrogen-bond donors (Lipinski definition) is 4. The van der Waals surface area contributed by atoms with Crippen LogP contribution in [0.3, 0.4) is 0 Å². The van der Waals surface area contributed by atoms with Gasteiger partial charge in [-0.2, -0.15) is 0 Å². The second-order valence-electron chi connectivity index (χ2n) is 8.29. The normalized spacial score (nSPS) is 17.0. The number of nitrogens with zero attached hydrogens (tertiary/aromatic N) is 3. The van der Waals surface area contributed by atoms with E-state index >= 15 is 0 Å². The molecule has 0 radical (unpaired) electrons. The zero-order chi connectivity index (χ0) is 24.4. The number of hydrogen-bond acceptors (Lipinski definition) is 9. The Morgan fingerprint density at radius 2 is 2.12 bits per heavy atom. The average Bonchev–Trinajstić information content (AvgIpc) is 3.52. The Bertz CT molecular complexity index is 1210. The monoisotopic (exact) mass is 501 g/mol. The number of nitrogens with one attached hydrogen (secondary N) is 2. The molecule has 4 rings (SSSR count). The Balaban J connectivity index is 1.60. The summed E-state index contributed by atoms with van der Waals surface area (Å²) < 4.78 is 20.3. The van der Waals surface area contributed by atoms with Crippen LogP contribution in [0, 0.1) is 6.92 Å². The third kappa shape index (κ3) is 4.92. The van der Waals surface area contributed by atoms with Crippen molar-refractivity contribution in [2.45, 2.75) is 38.8 Å². The number of aliphatic hydroxyl groups is 1. The summed E-state index contributed by atoms with van der Waals surface area (Å²) in [5, 5.41) is 26.6. The van der Waals surface area contributed by atoms with Gasteiger partial charge in [-0.15, -0.1) is 11.3 Å². The maximum atomic E-state index is 13.0. The van der Waals surface area contributed by atoms with Gasteiger partial charge in [0.1, 0.15) is 0 Å². The maximum absolute atomic E-state index is 13.0. The van der Waals surface area contributed by atoms with Crippen molar-refractivity contribution < 1.29 is 19.6 Å². The van der Waals surface area contributed by atoms with Crippen molar-refractivity contribution in [3.05, 3.63) is 57.8 Å². The van der Waals surface area contributed by atoms with Crippen LogP contribution < -0.4 is 10.6 Å². The van der Waals surface area contributed by atoms with E-state index < -0.39 is 11.1 Å². The molecular formula is C23H27N5O4S2. The van der Waals surface area contributed by atoms with Gasteiger partial charge in [0.15, 0.2) is 16.9 Å². The van der Waals surface area contributed by atoms with Crippen LogP contribution >= 0.6 is 22.5 Å². The predicted molar refractivity (Wildman–Crippen MR) is 133 cm³/mol. The van der Waals surface area contributed by atoms with E-state index in [4.69, 9.17) is 0 Å². The molecule has 2 aromatic heterocycles. The number of anilines is 3. The smallest absolute Gasteiger partial charge is 0.258 e. The van der Waals surface area contributed by atoms with Crippen LogP contribution in [0.25, 0.3) is 0 Å². The lowest BCUT2D eigenvalue weighted by atomic mass is 10.1. The summed E-state index contributed by atoms with van der Waals surface area (Å²) in [6, 6.07) is 8.28. The molecule has 3 atom stereocenters. The van der Waals surface area contributed by atoms with E-state index in [1.54, 1.807) is 28.4 Å². The lowest BCUT2D eigenvalue weighted by Crippen LogP contribution is -2.37. The number of aliphatic hydroxyl groups excluding tert-OH is 1. The SMILES string of the molecule is C=C(C)C(Nc1n[s+]([O-])nc1Nc1cccc(C(=O)N2CCC[C@H]2CO)c1O)c1ccc(C)s1. The van der Waals surface area contributed by atoms with Crippen molar-refractivity contribution in [3.8, 4) is 5.75 Å². The lowest BCUT2D eigenvalue weighted by Gasteiger charge is -2.23. The molecule has 11 heteroatoms. The van der Waals surface area contributed by atoms with Gasteiger partial charge in [0.25, 0.3) is 5.91 Å². The van der Waals surface area contributed by atoms with Gasteiger partial charge < -0.3 is 30.3 Å². The van der Waals surface area contributed by atoms with E-state index in [0.717, 1.165) is 28.2 Å². The Kier molecular flexibility index (Phi) is 7.17. The molecule has 180 valence electrons. The molecule has 0 bridgehead atoms. The quantitative estimate of drug-likeness (QED) is 0.203. The van der Waals surface area contributed by atoms with E-state index in [-0.39, 0.29) is 53.2 Å². The molecule has 0 aliphatic carbocycles. The molecule has 1 fully saturated rings. The molecule has 9 nitrogen and oxygen atoms in total. The topological polar surface area (TPSA) is 134 Å². The Morgan fingerprint density at radius 3 is 2.79 bits per heavy atom. The summed E-state index contributed by atoms with van der Waals surface area (Å²) in [5.41, 5.74) is 1.20. The highest BCUT2D eigenvalue weighted by molar-refractivity contribution is 7.14. The molecule has 0 spiro atoms. The van der Waals surface area contributed by atoms with Gasteiger partial charge in [-0.05, 0) is 51.0 Å². The summed E-state index contributed by atoms with van der Waals surface area (Å²) >= 11 is -0.205. The van der Waals surface area contributed by atoms with E-state index in [1.165, 1.54) is 6.07 Å². The molecule has 1 aliphatic rings. The fourth-order valence-electron chi connectivity index (χ4n) is 4.01. The van der Waals surface area contributed by atoms with E-state index in [0.29, 0.717) is 6.54 Å². The van der Waals surface area contributed by atoms with Crippen LogP contribution in [0.5, 0.6) is 5.75 Å². The summed E-state index contributed by atoms with van der Waals surface area (Å²) in [4.78, 5) is 16.8. The molecule has 1 saturated heterocycles. The number of aryl methyl sites for hydroxylation is 1. The van der Waals surface area contributed by atoms with Gasteiger partial charge in [0.05, 0.1) is 29.9 Å². The first kappa shape index (κ1) is 24.1. The highest BCUT2D eigenvalue weighted by atomic mass is 32.2. The number of phenols is 1. The molecular weight excluding hydrogens is 474 g/mol. The highest BCUT2D eigenvalue weighted by Crippen LogP contribution is 2.37. The van der Waals surface area contributed by atoms with E-state index in [2.05, 4.69) is 26.0 Å². The van der Waals surface area contributed by atoms with Crippen molar-refractivity contribution in [1.82, 2.24) is 13.6 Å². The summed E-state index contributed by atoms with van der Waals surface area (Å²) in [7, 11) is 0. The number of para-hydroxylation sites is 1. The third-order valence-electron chi connectivity index (χ3n) is 5.75. The van der Waals surface area contributed by atoms with Crippen molar-refractivity contribution in [1.29, 1.82) is 0 Å². The second kappa shape index (κ2) is 10.1. The molecule has 34 heavy (non-hydrogen) atoms. The molecule has 1 aliphatic heterocycles. The van der Waals surface area contributed by atoms with E-state index in [9.17, 15) is 19.6 Å². The summed E-state index contributed by atoms with van der Waals surface area (Å²) in [5.74, 6) is -0.140. The van der Waals surface area contributed by atoms with Gasteiger partial charge in [0.2, 0.25) is 11.6 Å². The van der Waals surface area contributed by atoms with Crippen molar-refractivity contribution >= 4 is 45.7 Å². The number of aromatic hydroxyl groups is 1. The fraction of sp³-hybridized carbons (Fsp3) is 0.348. The Hall–Kier alpha value is -2.99. The first-order chi connectivity index (χ1) is 16.3. The fourth-order valence-corrected chi connectivity index (χ4v) is 5.66. The molecule has 3 aromatic rings. The predicted octanol–water partition coefficient (Wildman–Crippen LogP) is 4.35. The number of benzene rings is 1. The molecule has 0 saturated carbocycles. The summed E-state index contributed by atoms with van der Waals surface area (Å²) in [6.07, 6.45) is 1.53. The van der Waals surface area contributed by atoms with Crippen LogP contribution in [0.2, 0.25) is 0 Å². The number of likely N-dealkylation sites (tertiary alicyclic amines) is 1. The Labute approximate surface area is 204 Å². The minimum Gasteiger partial charge on any atom is -0.546 e. The lowest BCUT2D eigenvalue weighted by molar-refractivity contribution is 0.0674. The van der Waals surface area contributed by atoms with Crippen LogP contribution in [-0.2, 0) is 0 Å². The van der Waals surface area contributed by atoms with Crippen molar-refractivity contribution in [2.24, 2.45) is 0 Å². The third-order valence-corrected chi connectivity index (χ3v) is 7.49. The molecule has 1 amide bonds. The molecule has 1 aromatic carbocycles. The van der Waals surface area contributed by atoms with Gasteiger partial charge in [0, 0.05) is 25.0 Å². The largest absolute Gasteiger partial charge is 0.546 e. The van der Waals surface area contributed by atoms with Crippen LogP contribution in [0.4, 0.5) is 17.3 Å². The first-order valence-electron chi connectivity index (χ1n) is 10.9. The number of carbonyl (C=O) groups excluding carboxylic acids is 1. The van der Waals surface area contributed by atoms with E-state index in [1.807, 2.05) is 26.0 Å². The minimum atomic E-state index is -1.83. The Morgan fingerprint density at radius 1 is 1.35 bits per heavy atom. The number of phenolic OH excluding ortho intramolecular Hbond substituents is 1. The average molecular weight is 502 g/mol. The molecule has 4 N–H and O–H groups in total. The zero-order valence-corrected chi connectivity index (χ0v) is 20.6. The number of carbonyl (C=O) groups is 1. The zero-order valence-electron chi connectivity index (χ0n) is 18.9. The van der Waals surface area contributed by atoms with Crippen LogP contribution in [-0.4, -0.2) is 53.5 Å². The molecule has 2 unspecified atom stereocenters. The standard InChI is InChI=1S/C23H27N5O4S2/c1-13(2)19(18-10-9-14(3)33-18)25-22-21(26-34(32)27-22)24-17-8-4-7-16(20(17)30)23(31)28-11-5-6-15(28)12-29/h4,7-10,15,19,29-30H,1,5-6,11-12H2,2-3H3,(H,24,26)(H,25,27)/t15-,19?,34?/m0/s1. The van der Waals surface area contributed by atoms with Gasteiger partial charge >= 0.3 is 0 Å². The number of thiophene rings is 1. The van der Waals surface area contributed by atoms with Crippen LogP contribution in [0.15, 0.2) is 42.5 Å². The van der Waals surface area contributed by atoms with Gasteiger partial charge in [-0.25, -0.2) is 0 Å². The number of aromatic nitrogens is 2. The second-order valence-corrected chi connectivity index (χ2v) is 10.4. The molecule has 3 heterocycles. The van der Waals surface area contributed by atoms with Gasteiger partial charge in [-0.3, -0.25) is 4.79 Å². The minimum absolute atomic E-state index is 0.116.